The van der Waals surface area contributed by atoms with Gasteiger partial charge in [-0.05, 0) is 12.1 Å². The van der Waals surface area contributed by atoms with Crippen molar-refractivity contribution in [2.75, 3.05) is 0 Å². The average Bonchev–Trinajstić information content (AvgIpc) is 2.43. The molecule has 0 aliphatic rings. The molecule has 0 saturated heterocycles. The van der Waals surface area contributed by atoms with Crippen LogP contribution in [0.2, 0.25) is 0 Å². The van der Waals surface area contributed by atoms with Gasteiger partial charge in [-0.3, -0.25) is 35.1 Å². The highest BCUT2D eigenvalue weighted by Crippen LogP contribution is 2.39. The lowest BCUT2D eigenvalue weighted by Crippen LogP contribution is -2.00. The topological polar surface area (TPSA) is 146 Å². The normalized spacial score (nSPS) is 10.3. The van der Waals surface area contributed by atoms with E-state index in [1.165, 1.54) is 0 Å². The molecule has 0 bridgehead atoms. The van der Waals surface area contributed by atoms with Gasteiger partial charge in [-0.25, -0.2) is 0 Å². The fourth-order valence-corrected chi connectivity index (χ4v) is 1.97. The number of nitrogens with zero attached hydrogens (tertiary/aromatic N) is 3. The van der Waals surface area contributed by atoms with E-state index in [9.17, 15) is 35.1 Å². The van der Waals surface area contributed by atoms with Crippen LogP contribution in [0.5, 0.6) is 0 Å². The quantitative estimate of drug-likeness (QED) is 0.477. The van der Waals surface area contributed by atoms with Gasteiger partial charge >= 0.3 is 11.4 Å². The van der Waals surface area contributed by atoms with Crippen LogP contribution in [0.3, 0.4) is 0 Å². The molecule has 0 amide bonds. The molecule has 10 heteroatoms. The van der Waals surface area contributed by atoms with Gasteiger partial charge in [-0.2, -0.15) is 0 Å². The minimum atomic E-state index is -1.00. The van der Waals surface area contributed by atoms with Crippen LogP contribution >= 0.6 is 0 Å². The Hall–Kier alpha value is -3.43. The van der Waals surface area contributed by atoms with Crippen LogP contribution in [-0.2, 0) is 0 Å². The molecule has 0 saturated carbocycles. The predicted octanol–water partition coefficient (Wildman–Crippen LogP) is 2.38. The third-order valence-electron chi connectivity index (χ3n) is 2.80. The first-order valence-electron chi connectivity index (χ1n) is 5.36. The molecular weight excluding hydrogens is 286 g/mol. The first kappa shape index (κ1) is 14.0. The molecule has 0 atom stereocenters. The van der Waals surface area contributed by atoms with Crippen molar-refractivity contribution in [2.24, 2.45) is 0 Å². The van der Waals surface area contributed by atoms with E-state index < -0.39 is 31.8 Å². The number of fused-ring (bicyclic) bond motifs is 1. The number of benzene rings is 2. The molecule has 0 aliphatic carbocycles. The summed E-state index contributed by atoms with van der Waals surface area (Å²) < 4.78 is 0. The van der Waals surface area contributed by atoms with E-state index in [0.717, 1.165) is 24.3 Å². The van der Waals surface area contributed by atoms with E-state index in [1.807, 2.05) is 0 Å². The van der Waals surface area contributed by atoms with Crippen LogP contribution in [0.25, 0.3) is 10.8 Å². The van der Waals surface area contributed by atoms with Crippen molar-refractivity contribution in [1.29, 1.82) is 0 Å². The molecule has 0 fully saturated rings. The van der Waals surface area contributed by atoms with Gasteiger partial charge in [0.05, 0.1) is 25.5 Å². The Morgan fingerprint density at radius 3 is 1.90 bits per heavy atom. The maximum Gasteiger partial charge on any atom is 0.354 e. The molecule has 2 aromatic carbocycles. The Balaban J connectivity index is 3.04. The first-order chi connectivity index (χ1) is 9.86. The van der Waals surface area contributed by atoms with E-state index in [2.05, 4.69) is 0 Å². The third kappa shape index (κ3) is 2.25. The largest absolute Gasteiger partial charge is 0.354 e. The number of non-ortho nitro benzene ring substituents is 1. The van der Waals surface area contributed by atoms with Crippen LogP contribution in [-0.4, -0.2) is 21.1 Å². The fraction of sp³-hybridized carbons (Fsp3) is 0. The second-order valence-electron chi connectivity index (χ2n) is 3.96. The summed E-state index contributed by atoms with van der Waals surface area (Å²) in [5.41, 5.74) is -2.40. The van der Waals surface area contributed by atoms with E-state index in [4.69, 9.17) is 0 Å². The number of rotatable bonds is 4. The molecule has 0 N–H and O–H groups in total. The monoisotopic (exact) mass is 291 g/mol. The van der Waals surface area contributed by atoms with Gasteiger partial charge in [0, 0.05) is 17.7 Å². The Morgan fingerprint density at radius 2 is 1.43 bits per heavy atom. The smallest absolute Gasteiger partial charge is 0.298 e. The number of hydrogen-bond donors (Lipinski definition) is 0. The average molecular weight is 291 g/mol. The molecule has 0 unspecified atom stereocenters. The lowest BCUT2D eigenvalue weighted by molar-refractivity contribution is -0.421. The van der Waals surface area contributed by atoms with Crippen LogP contribution < -0.4 is 0 Å². The molecule has 0 aromatic heterocycles. The van der Waals surface area contributed by atoms with E-state index in [0.29, 0.717) is 0 Å². The highest BCUT2D eigenvalue weighted by molar-refractivity contribution is 6.03. The Kier molecular flexibility index (Phi) is 3.28. The summed E-state index contributed by atoms with van der Waals surface area (Å²) in [6, 6.07) is 3.84. The highest BCUT2D eigenvalue weighted by atomic mass is 16.6. The van der Waals surface area contributed by atoms with E-state index in [-0.39, 0.29) is 22.6 Å². The maximum absolute atomic E-state index is 11.1. The number of nitro groups is 3. The summed E-state index contributed by atoms with van der Waals surface area (Å²) in [6.07, 6.45) is 0.273. The molecule has 2 aromatic rings. The van der Waals surface area contributed by atoms with E-state index >= 15 is 0 Å². The molecule has 0 aliphatic heterocycles. The zero-order valence-corrected chi connectivity index (χ0v) is 10.1. The standard InChI is InChI=1S/C11H5N3O7/c15-5-6-3-8-7(10(4-6)13(18)19)1-2-9(12(16)17)11(8)14(20)21/h1-5H. The van der Waals surface area contributed by atoms with Gasteiger partial charge in [0.25, 0.3) is 5.69 Å². The second kappa shape index (κ2) is 4.92. The summed E-state index contributed by atoms with van der Waals surface area (Å²) in [5, 5.41) is 32.4. The minimum absolute atomic E-state index is 0.150. The Bertz CT molecular complexity index is 815. The summed E-state index contributed by atoms with van der Waals surface area (Å²) in [7, 11) is 0. The van der Waals surface area contributed by atoms with Crippen LogP contribution in [0.1, 0.15) is 10.4 Å². The van der Waals surface area contributed by atoms with Gasteiger partial charge in [0.15, 0.2) is 0 Å². The van der Waals surface area contributed by atoms with Gasteiger partial charge in [-0.15, -0.1) is 0 Å². The SMILES string of the molecule is O=Cc1cc([N+](=O)[O-])c2ccc([N+](=O)[O-])c([N+](=O)[O-])c2c1. The predicted molar refractivity (Wildman–Crippen MR) is 69.3 cm³/mol. The maximum atomic E-state index is 11.1. The summed E-state index contributed by atoms with van der Waals surface area (Å²) in [6.45, 7) is 0. The lowest BCUT2D eigenvalue weighted by atomic mass is 10.0. The number of aldehydes is 1. The zero-order valence-electron chi connectivity index (χ0n) is 10.1. The minimum Gasteiger partial charge on any atom is -0.298 e. The van der Waals surface area contributed by atoms with Crippen molar-refractivity contribution in [3.63, 3.8) is 0 Å². The fourth-order valence-electron chi connectivity index (χ4n) is 1.97. The summed E-state index contributed by atoms with van der Waals surface area (Å²) >= 11 is 0. The molecule has 106 valence electrons. The third-order valence-corrected chi connectivity index (χ3v) is 2.80. The number of carbonyl (C=O) groups excluding carboxylic acids is 1. The molecule has 10 nitrogen and oxygen atoms in total. The van der Waals surface area contributed by atoms with Gasteiger partial charge in [0.1, 0.15) is 6.29 Å². The second-order valence-corrected chi connectivity index (χ2v) is 3.96. The van der Waals surface area contributed by atoms with Gasteiger partial charge in [0.2, 0.25) is 0 Å². The van der Waals surface area contributed by atoms with Crippen LogP contribution in [0, 0.1) is 30.3 Å². The Morgan fingerprint density at radius 1 is 0.810 bits per heavy atom. The molecule has 0 spiro atoms. The van der Waals surface area contributed by atoms with Gasteiger partial charge in [-0.1, -0.05) is 0 Å². The molecule has 0 radical (unpaired) electrons. The number of hydrogen-bond acceptors (Lipinski definition) is 7. The zero-order chi connectivity index (χ0) is 15.7. The highest BCUT2D eigenvalue weighted by Gasteiger charge is 2.30. The lowest BCUT2D eigenvalue weighted by Gasteiger charge is -2.03. The van der Waals surface area contributed by atoms with Crippen molar-refractivity contribution in [3.8, 4) is 0 Å². The molecule has 21 heavy (non-hydrogen) atoms. The van der Waals surface area contributed by atoms with Crippen molar-refractivity contribution in [1.82, 2.24) is 0 Å². The van der Waals surface area contributed by atoms with Crippen molar-refractivity contribution in [2.45, 2.75) is 0 Å². The first-order valence-corrected chi connectivity index (χ1v) is 5.36. The van der Waals surface area contributed by atoms with Gasteiger partial charge < -0.3 is 0 Å². The van der Waals surface area contributed by atoms with Crippen molar-refractivity contribution in [3.05, 3.63) is 60.2 Å². The van der Waals surface area contributed by atoms with Crippen molar-refractivity contribution < 1.29 is 19.6 Å². The summed E-state index contributed by atoms with van der Waals surface area (Å²) in [5.74, 6) is 0. The Labute approximate surface area is 115 Å². The molecular formula is C11H5N3O7. The number of nitro benzene ring substituents is 3. The van der Waals surface area contributed by atoms with Crippen LogP contribution in [0.4, 0.5) is 17.1 Å². The number of carbonyl (C=O) groups is 1. The molecule has 2 rings (SSSR count). The van der Waals surface area contributed by atoms with Crippen molar-refractivity contribution >= 4 is 34.1 Å². The summed E-state index contributed by atoms with van der Waals surface area (Å²) in [4.78, 5) is 40.9. The van der Waals surface area contributed by atoms with Crippen LogP contribution in [0.15, 0.2) is 24.3 Å². The molecule has 0 heterocycles. The van der Waals surface area contributed by atoms with E-state index in [1.54, 1.807) is 0 Å².